The number of carbonyl (C=O) groups excluding carboxylic acids is 1. The van der Waals surface area contributed by atoms with Gasteiger partial charge in [0.15, 0.2) is 0 Å². The second-order valence-corrected chi connectivity index (χ2v) is 3.83. The molecule has 0 aliphatic carbocycles. The molecular formula is C13H11NO2S. The fourth-order valence-corrected chi connectivity index (χ4v) is 1.53. The highest BCUT2D eigenvalue weighted by Crippen LogP contribution is 2.19. The van der Waals surface area contributed by atoms with E-state index in [0.29, 0.717) is 16.3 Å². The molecule has 0 unspecified atom stereocenters. The molecule has 0 heterocycles. The van der Waals surface area contributed by atoms with Crippen LogP contribution in [0.3, 0.4) is 0 Å². The second-order valence-electron chi connectivity index (χ2n) is 3.34. The SMILES string of the molecule is O=C(Nc1ccccc1S)Oc1ccccc1. The number of ether oxygens (including phenoxy) is 1. The quantitative estimate of drug-likeness (QED) is 0.793. The number of hydrogen-bond acceptors (Lipinski definition) is 3. The molecular weight excluding hydrogens is 234 g/mol. The minimum absolute atomic E-state index is 0.502. The van der Waals surface area contributed by atoms with Crippen molar-refractivity contribution in [3.05, 3.63) is 54.6 Å². The largest absolute Gasteiger partial charge is 0.417 e. The maximum Gasteiger partial charge on any atom is 0.417 e. The van der Waals surface area contributed by atoms with E-state index < -0.39 is 6.09 Å². The monoisotopic (exact) mass is 245 g/mol. The normalized spacial score (nSPS) is 9.71. The number of hydrogen-bond donors (Lipinski definition) is 2. The van der Waals surface area contributed by atoms with Gasteiger partial charge in [-0.05, 0) is 24.3 Å². The van der Waals surface area contributed by atoms with E-state index in [1.165, 1.54) is 0 Å². The molecule has 0 aliphatic rings. The summed E-state index contributed by atoms with van der Waals surface area (Å²) in [6.45, 7) is 0. The molecule has 17 heavy (non-hydrogen) atoms. The van der Waals surface area contributed by atoms with Crippen molar-refractivity contribution in [2.75, 3.05) is 5.32 Å². The first-order chi connectivity index (χ1) is 8.25. The van der Waals surface area contributed by atoms with Gasteiger partial charge in [-0.25, -0.2) is 4.79 Å². The van der Waals surface area contributed by atoms with Gasteiger partial charge in [-0.1, -0.05) is 30.3 Å². The van der Waals surface area contributed by atoms with E-state index in [4.69, 9.17) is 4.74 Å². The first-order valence-corrected chi connectivity index (χ1v) is 5.52. The van der Waals surface area contributed by atoms with Crippen molar-refractivity contribution in [2.45, 2.75) is 4.90 Å². The Bertz CT molecular complexity index is 514. The van der Waals surface area contributed by atoms with Gasteiger partial charge >= 0.3 is 6.09 Å². The zero-order valence-electron chi connectivity index (χ0n) is 8.96. The Hall–Kier alpha value is -1.94. The smallest absolute Gasteiger partial charge is 0.410 e. The van der Waals surface area contributed by atoms with E-state index in [9.17, 15) is 4.79 Å². The van der Waals surface area contributed by atoms with Crippen LogP contribution >= 0.6 is 12.6 Å². The topological polar surface area (TPSA) is 38.3 Å². The summed E-state index contributed by atoms with van der Waals surface area (Å²) in [7, 11) is 0. The predicted octanol–water partition coefficient (Wildman–Crippen LogP) is 3.59. The lowest BCUT2D eigenvalue weighted by Gasteiger charge is -2.07. The van der Waals surface area contributed by atoms with Crippen molar-refractivity contribution in [1.82, 2.24) is 0 Å². The van der Waals surface area contributed by atoms with Crippen LogP contribution in [0.1, 0.15) is 0 Å². The average molecular weight is 245 g/mol. The molecule has 0 fully saturated rings. The molecule has 0 radical (unpaired) electrons. The number of amides is 1. The zero-order chi connectivity index (χ0) is 12.1. The maximum absolute atomic E-state index is 11.6. The summed E-state index contributed by atoms with van der Waals surface area (Å²) in [4.78, 5) is 12.3. The summed E-state index contributed by atoms with van der Waals surface area (Å²) < 4.78 is 5.09. The summed E-state index contributed by atoms with van der Waals surface area (Å²) >= 11 is 4.23. The van der Waals surface area contributed by atoms with Crippen molar-refractivity contribution in [1.29, 1.82) is 0 Å². The molecule has 1 amide bonds. The molecule has 0 saturated heterocycles. The number of carbonyl (C=O) groups is 1. The summed E-state index contributed by atoms with van der Waals surface area (Å²) in [5, 5.41) is 2.62. The van der Waals surface area contributed by atoms with Gasteiger partial charge in [-0.15, -0.1) is 12.6 Å². The van der Waals surface area contributed by atoms with Gasteiger partial charge in [0.2, 0.25) is 0 Å². The minimum Gasteiger partial charge on any atom is -0.410 e. The number of thiol groups is 1. The number of para-hydroxylation sites is 2. The number of anilines is 1. The molecule has 0 atom stereocenters. The molecule has 2 rings (SSSR count). The Morgan fingerprint density at radius 1 is 1.00 bits per heavy atom. The molecule has 3 nitrogen and oxygen atoms in total. The third-order valence-electron chi connectivity index (χ3n) is 2.09. The van der Waals surface area contributed by atoms with Crippen LogP contribution in [-0.4, -0.2) is 6.09 Å². The van der Waals surface area contributed by atoms with Gasteiger partial charge in [-0.3, -0.25) is 5.32 Å². The standard InChI is InChI=1S/C13H11NO2S/c15-13(16-10-6-2-1-3-7-10)14-11-8-4-5-9-12(11)17/h1-9,17H,(H,14,15). The van der Waals surface area contributed by atoms with Crippen LogP contribution in [-0.2, 0) is 0 Å². The molecule has 0 aromatic heterocycles. The van der Waals surface area contributed by atoms with Gasteiger partial charge in [0, 0.05) is 4.90 Å². The Morgan fingerprint density at radius 3 is 2.35 bits per heavy atom. The van der Waals surface area contributed by atoms with Crippen LogP contribution in [0.4, 0.5) is 10.5 Å². The van der Waals surface area contributed by atoms with Crippen LogP contribution in [0.25, 0.3) is 0 Å². The lowest BCUT2D eigenvalue weighted by molar-refractivity contribution is 0.215. The average Bonchev–Trinajstić information content (AvgIpc) is 2.33. The summed E-state index contributed by atoms with van der Waals surface area (Å²) in [5.74, 6) is 0.502. The Balaban J connectivity index is 2.01. The van der Waals surface area contributed by atoms with Crippen LogP contribution in [0.15, 0.2) is 59.5 Å². The van der Waals surface area contributed by atoms with Gasteiger partial charge in [0.05, 0.1) is 5.69 Å². The van der Waals surface area contributed by atoms with Crippen molar-refractivity contribution in [3.63, 3.8) is 0 Å². The molecule has 0 bridgehead atoms. The summed E-state index contributed by atoms with van der Waals surface area (Å²) in [6.07, 6.45) is -0.530. The number of nitrogens with one attached hydrogen (secondary N) is 1. The molecule has 1 N–H and O–H groups in total. The van der Waals surface area contributed by atoms with Gasteiger partial charge in [0.1, 0.15) is 5.75 Å². The third-order valence-corrected chi connectivity index (χ3v) is 2.48. The predicted molar refractivity (Wildman–Crippen MR) is 69.8 cm³/mol. The van der Waals surface area contributed by atoms with Crippen LogP contribution in [0.5, 0.6) is 5.75 Å². The van der Waals surface area contributed by atoms with Gasteiger partial charge in [-0.2, -0.15) is 0 Å². The first kappa shape index (κ1) is 11.5. The maximum atomic E-state index is 11.6. The van der Waals surface area contributed by atoms with E-state index >= 15 is 0 Å². The lowest BCUT2D eigenvalue weighted by Crippen LogP contribution is -2.16. The van der Waals surface area contributed by atoms with Crippen LogP contribution in [0.2, 0.25) is 0 Å². The van der Waals surface area contributed by atoms with E-state index in [0.717, 1.165) is 0 Å². The molecule has 0 aliphatic heterocycles. The fourth-order valence-electron chi connectivity index (χ4n) is 1.31. The number of benzene rings is 2. The molecule has 0 spiro atoms. The van der Waals surface area contributed by atoms with E-state index in [1.807, 2.05) is 18.2 Å². The van der Waals surface area contributed by atoms with Gasteiger partial charge < -0.3 is 4.74 Å². The Labute approximate surface area is 105 Å². The Morgan fingerprint density at radius 2 is 1.65 bits per heavy atom. The molecule has 2 aromatic carbocycles. The van der Waals surface area contributed by atoms with Gasteiger partial charge in [0.25, 0.3) is 0 Å². The van der Waals surface area contributed by atoms with E-state index in [2.05, 4.69) is 17.9 Å². The highest BCUT2D eigenvalue weighted by atomic mass is 32.1. The fraction of sp³-hybridized carbons (Fsp3) is 0. The minimum atomic E-state index is -0.530. The Kier molecular flexibility index (Phi) is 3.67. The summed E-state index contributed by atoms with van der Waals surface area (Å²) in [6, 6.07) is 16.1. The zero-order valence-corrected chi connectivity index (χ0v) is 9.85. The molecule has 4 heteroatoms. The lowest BCUT2D eigenvalue weighted by atomic mass is 10.3. The highest BCUT2D eigenvalue weighted by molar-refractivity contribution is 7.80. The van der Waals surface area contributed by atoms with Crippen molar-refractivity contribution in [3.8, 4) is 5.75 Å². The van der Waals surface area contributed by atoms with E-state index in [-0.39, 0.29) is 0 Å². The third kappa shape index (κ3) is 3.26. The second kappa shape index (κ2) is 5.41. The van der Waals surface area contributed by atoms with Crippen molar-refractivity contribution in [2.24, 2.45) is 0 Å². The van der Waals surface area contributed by atoms with Crippen molar-refractivity contribution < 1.29 is 9.53 Å². The molecule has 2 aromatic rings. The number of rotatable bonds is 2. The molecule has 86 valence electrons. The first-order valence-electron chi connectivity index (χ1n) is 5.07. The van der Waals surface area contributed by atoms with Crippen LogP contribution < -0.4 is 10.1 Å². The summed E-state index contributed by atoms with van der Waals surface area (Å²) in [5.41, 5.74) is 0.622. The van der Waals surface area contributed by atoms with Crippen LogP contribution in [0, 0.1) is 0 Å². The van der Waals surface area contributed by atoms with E-state index in [1.54, 1.807) is 36.4 Å². The highest BCUT2D eigenvalue weighted by Gasteiger charge is 2.06. The van der Waals surface area contributed by atoms with Crippen molar-refractivity contribution >= 4 is 24.4 Å². The molecule has 0 saturated carbocycles.